The third-order valence-electron chi connectivity index (χ3n) is 3.22. The Kier molecular flexibility index (Phi) is 3.00. The zero-order valence-corrected chi connectivity index (χ0v) is 10.6. The molecular formula is C11H14N2OS2. The fourth-order valence-electron chi connectivity index (χ4n) is 2.26. The molecule has 0 saturated carbocycles. The normalized spacial score (nSPS) is 21.0. The van der Waals surface area contributed by atoms with Gasteiger partial charge in [0.1, 0.15) is 10.5 Å². The summed E-state index contributed by atoms with van der Waals surface area (Å²) in [6, 6.07) is 0. The molecule has 0 aliphatic carbocycles. The van der Waals surface area contributed by atoms with Crippen molar-refractivity contribution in [2.45, 2.75) is 30.3 Å². The van der Waals surface area contributed by atoms with Crippen molar-refractivity contribution in [2.24, 2.45) is 0 Å². The monoisotopic (exact) mass is 254 g/mol. The molecule has 0 aromatic carbocycles. The van der Waals surface area contributed by atoms with Crippen molar-refractivity contribution in [1.82, 2.24) is 9.97 Å². The van der Waals surface area contributed by atoms with Gasteiger partial charge in [0.15, 0.2) is 0 Å². The summed E-state index contributed by atoms with van der Waals surface area (Å²) in [6.45, 7) is 1.69. The lowest BCUT2D eigenvalue weighted by Gasteiger charge is -2.21. The zero-order chi connectivity index (χ0) is 11.0. The molecule has 0 bridgehead atoms. The second-order valence-electron chi connectivity index (χ2n) is 4.26. The Morgan fingerprint density at radius 1 is 1.31 bits per heavy atom. The lowest BCUT2D eigenvalue weighted by Crippen LogP contribution is -2.17. The van der Waals surface area contributed by atoms with Gasteiger partial charge >= 0.3 is 0 Å². The van der Waals surface area contributed by atoms with Gasteiger partial charge in [-0.1, -0.05) is 12.2 Å². The second-order valence-corrected chi connectivity index (χ2v) is 5.64. The maximum Gasteiger partial charge on any atom is 0.134 e. The van der Waals surface area contributed by atoms with Crippen molar-refractivity contribution in [3.8, 4) is 0 Å². The molecule has 0 amide bonds. The Morgan fingerprint density at radius 3 is 2.94 bits per heavy atom. The summed E-state index contributed by atoms with van der Waals surface area (Å²) in [5, 5.41) is 0. The Labute approximate surface area is 104 Å². The van der Waals surface area contributed by atoms with Gasteiger partial charge in [0, 0.05) is 41.9 Å². The summed E-state index contributed by atoms with van der Waals surface area (Å²) < 4.78 is 6.18. The molecule has 1 fully saturated rings. The molecule has 3 heterocycles. The molecule has 0 unspecified atom stereocenters. The molecule has 1 N–H and O–H groups in total. The summed E-state index contributed by atoms with van der Waals surface area (Å²) in [4.78, 5) is 8.04. The van der Waals surface area contributed by atoms with Gasteiger partial charge in [0.05, 0.1) is 0 Å². The molecular weight excluding hydrogens is 240 g/mol. The maximum atomic E-state index is 5.37. The van der Waals surface area contributed by atoms with Crippen molar-refractivity contribution in [1.29, 1.82) is 0 Å². The Hall–Kier alpha value is -0.390. The highest BCUT2D eigenvalue weighted by atomic mass is 32.2. The van der Waals surface area contributed by atoms with E-state index in [-0.39, 0.29) is 0 Å². The highest BCUT2D eigenvalue weighted by Gasteiger charge is 2.21. The molecule has 0 spiro atoms. The molecule has 0 atom stereocenters. The highest BCUT2D eigenvalue weighted by molar-refractivity contribution is 7.98. The van der Waals surface area contributed by atoms with Crippen molar-refractivity contribution < 1.29 is 4.74 Å². The van der Waals surface area contributed by atoms with Crippen LogP contribution in [0.2, 0.25) is 0 Å². The van der Waals surface area contributed by atoms with Gasteiger partial charge in [-0.2, -0.15) is 11.8 Å². The first kappa shape index (κ1) is 10.7. The molecule has 1 aromatic rings. The molecule has 0 radical (unpaired) electrons. The molecule has 5 heteroatoms. The highest BCUT2D eigenvalue weighted by Crippen LogP contribution is 2.31. The molecule has 1 aromatic heterocycles. The molecule has 86 valence electrons. The van der Waals surface area contributed by atoms with Crippen molar-refractivity contribution in [3.05, 3.63) is 21.7 Å². The standard InChI is InChI=1S/C11H14N2OS2/c15-11-8-5-16-6-9(8)12-10(13-11)7-1-3-14-4-2-7/h7H,1-6H2,(H,12,13,15). The molecule has 2 aliphatic heterocycles. The van der Waals surface area contributed by atoms with Gasteiger partial charge in [0.2, 0.25) is 0 Å². The predicted molar refractivity (Wildman–Crippen MR) is 67.2 cm³/mol. The van der Waals surface area contributed by atoms with Crippen LogP contribution in [0.4, 0.5) is 0 Å². The van der Waals surface area contributed by atoms with Crippen LogP contribution in [-0.2, 0) is 16.2 Å². The fourth-order valence-corrected chi connectivity index (χ4v) is 3.71. The lowest BCUT2D eigenvalue weighted by atomic mass is 9.99. The number of hydrogen-bond donors (Lipinski definition) is 1. The first-order valence-corrected chi connectivity index (χ1v) is 7.18. The molecule has 3 nitrogen and oxygen atoms in total. The largest absolute Gasteiger partial charge is 0.381 e. The first-order valence-electron chi connectivity index (χ1n) is 5.62. The van der Waals surface area contributed by atoms with E-state index in [1.54, 1.807) is 0 Å². The number of rotatable bonds is 1. The van der Waals surface area contributed by atoms with Crippen molar-refractivity contribution in [3.63, 3.8) is 0 Å². The van der Waals surface area contributed by atoms with E-state index >= 15 is 0 Å². The van der Waals surface area contributed by atoms with Crippen molar-refractivity contribution >= 4 is 24.0 Å². The van der Waals surface area contributed by atoms with Gasteiger partial charge < -0.3 is 9.72 Å². The minimum absolute atomic E-state index is 0.506. The molecule has 3 rings (SSSR count). The Morgan fingerprint density at radius 2 is 2.12 bits per heavy atom. The third kappa shape index (κ3) is 1.92. The summed E-state index contributed by atoms with van der Waals surface area (Å²) in [5.74, 6) is 3.66. The first-order chi connectivity index (χ1) is 7.84. The van der Waals surface area contributed by atoms with Crippen LogP contribution < -0.4 is 0 Å². The van der Waals surface area contributed by atoms with Crippen LogP contribution in [0.25, 0.3) is 0 Å². The van der Waals surface area contributed by atoms with Crippen LogP contribution >= 0.6 is 24.0 Å². The topological polar surface area (TPSA) is 37.9 Å². The summed E-state index contributed by atoms with van der Waals surface area (Å²) >= 11 is 7.27. The third-order valence-corrected chi connectivity index (χ3v) is 4.55. The van der Waals surface area contributed by atoms with Crippen LogP contribution in [0.5, 0.6) is 0 Å². The average Bonchev–Trinajstić information content (AvgIpc) is 2.79. The number of fused-ring (bicyclic) bond motifs is 1. The van der Waals surface area contributed by atoms with E-state index in [9.17, 15) is 0 Å². The van der Waals surface area contributed by atoms with Crippen LogP contribution in [0.15, 0.2) is 0 Å². The van der Waals surface area contributed by atoms with Gasteiger partial charge in [-0.3, -0.25) is 0 Å². The Bertz CT molecular complexity index is 452. The minimum atomic E-state index is 0.506. The smallest absolute Gasteiger partial charge is 0.134 e. The van der Waals surface area contributed by atoms with Crippen LogP contribution in [0.3, 0.4) is 0 Å². The van der Waals surface area contributed by atoms with E-state index in [1.165, 1.54) is 11.3 Å². The van der Waals surface area contributed by atoms with E-state index in [4.69, 9.17) is 17.0 Å². The zero-order valence-electron chi connectivity index (χ0n) is 8.99. The van der Waals surface area contributed by atoms with Gasteiger partial charge in [-0.25, -0.2) is 4.98 Å². The van der Waals surface area contributed by atoms with E-state index in [1.807, 2.05) is 11.8 Å². The summed E-state index contributed by atoms with van der Waals surface area (Å²) in [5.41, 5.74) is 2.54. The summed E-state index contributed by atoms with van der Waals surface area (Å²) in [7, 11) is 0. The van der Waals surface area contributed by atoms with E-state index in [0.29, 0.717) is 5.92 Å². The Balaban J connectivity index is 1.96. The van der Waals surface area contributed by atoms with Gasteiger partial charge in [0.25, 0.3) is 0 Å². The SMILES string of the molecule is S=c1nc(C2CCOCC2)[nH]c2c1CSC2. The number of H-pyrrole nitrogens is 1. The van der Waals surface area contributed by atoms with Gasteiger partial charge in [-0.05, 0) is 12.8 Å². The van der Waals surface area contributed by atoms with Crippen LogP contribution in [0.1, 0.15) is 35.8 Å². The molecule has 16 heavy (non-hydrogen) atoms. The summed E-state index contributed by atoms with van der Waals surface area (Å²) in [6.07, 6.45) is 2.12. The predicted octanol–water partition coefficient (Wildman–Crippen LogP) is 2.78. The van der Waals surface area contributed by atoms with Crippen LogP contribution in [-0.4, -0.2) is 23.2 Å². The number of nitrogens with zero attached hydrogens (tertiary/aromatic N) is 1. The van der Waals surface area contributed by atoms with E-state index in [2.05, 4.69) is 9.97 Å². The number of hydrogen-bond acceptors (Lipinski definition) is 4. The molecule has 1 saturated heterocycles. The van der Waals surface area contributed by atoms with Gasteiger partial charge in [-0.15, -0.1) is 0 Å². The maximum absolute atomic E-state index is 5.37. The number of aromatic nitrogens is 2. The van der Waals surface area contributed by atoms with Crippen molar-refractivity contribution in [2.75, 3.05) is 13.2 Å². The quantitative estimate of drug-likeness (QED) is 0.782. The number of ether oxygens (including phenoxy) is 1. The minimum Gasteiger partial charge on any atom is -0.381 e. The van der Waals surface area contributed by atoms with E-state index in [0.717, 1.165) is 48.0 Å². The van der Waals surface area contributed by atoms with Crippen LogP contribution in [0, 0.1) is 4.64 Å². The fraction of sp³-hybridized carbons (Fsp3) is 0.636. The number of nitrogens with one attached hydrogen (secondary N) is 1. The van der Waals surface area contributed by atoms with E-state index < -0.39 is 0 Å². The lowest BCUT2D eigenvalue weighted by molar-refractivity contribution is 0.0835. The number of aromatic amines is 1. The number of thioether (sulfide) groups is 1. The molecule has 2 aliphatic rings. The average molecular weight is 254 g/mol. The second kappa shape index (κ2) is 4.47.